The first kappa shape index (κ1) is 17.3. The highest BCUT2D eigenvalue weighted by Gasteiger charge is 2.67. The van der Waals surface area contributed by atoms with Crippen molar-refractivity contribution in [1.29, 1.82) is 0 Å². The number of allylic oxidation sites excluding steroid dienone is 2. The van der Waals surface area contributed by atoms with E-state index in [0.717, 1.165) is 11.4 Å². The Morgan fingerprint density at radius 2 is 1.63 bits per heavy atom. The summed E-state index contributed by atoms with van der Waals surface area (Å²) < 4.78 is 5.72. The van der Waals surface area contributed by atoms with Crippen LogP contribution in [0.3, 0.4) is 0 Å². The maximum absolute atomic E-state index is 12.9. The van der Waals surface area contributed by atoms with Crippen LogP contribution < -0.4 is 0 Å². The van der Waals surface area contributed by atoms with Crippen molar-refractivity contribution >= 4 is 23.7 Å². The second kappa shape index (κ2) is 5.98. The topological polar surface area (TPSA) is 106 Å². The van der Waals surface area contributed by atoms with Crippen molar-refractivity contribution in [3.05, 3.63) is 64.4 Å². The molecule has 6 atom stereocenters. The lowest BCUT2D eigenvalue weighted by Crippen LogP contribution is -2.40. The molecular weight excluding hydrogens is 386 g/mol. The fourth-order valence-electron chi connectivity index (χ4n) is 5.49. The number of nitro groups is 1. The number of hydrogen-bond donors (Lipinski definition) is 0. The minimum absolute atomic E-state index is 0.000658. The molecule has 0 N–H and O–H groups in total. The number of carbonyl (C=O) groups excluding carboxylic acids is 2. The molecule has 7 rings (SSSR count). The van der Waals surface area contributed by atoms with Gasteiger partial charge in [0.1, 0.15) is 11.5 Å². The van der Waals surface area contributed by atoms with Crippen molar-refractivity contribution in [3.63, 3.8) is 0 Å². The molecule has 5 aliphatic rings. The molecule has 2 saturated carbocycles. The number of rotatable bonds is 4. The van der Waals surface area contributed by atoms with Gasteiger partial charge in [-0.1, -0.05) is 12.2 Å². The molecule has 4 aliphatic carbocycles. The summed E-state index contributed by atoms with van der Waals surface area (Å²) in [5, 5.41) is 16.0. The van der Waals surface area contributed by atoms with E-state index in [-0.39, 0.29) is 41.2 Å². The van der Waals surface area contributed by atoms with E-state index in [1.165, 1.54) is 18.3 Å². The van der Waals surface area contributed by atoms with Gasteiger partial charge in [-0.3, -0.25) is 19.7 Å². The number of nitrogens with zero attached hydrogens (tertiary/aromatic N) is 3. The normalized spacial score (nSPS) is 33.3. The first-order valence-corrected chi connectivity index (χ1v) is 9.98. The first-order valence-electron chi connectivity index (χ1n) is 9.98. The molecule has 1 aromatic carbocycles. The maximum atomic E-state index is 12.9. The number of non-ortho nitro benzene ring substituents is 1. The monoisotopic (exact) mass is 403 g/mol. The molecule has 2 bridgehead atoms. The number of benzene rings is 1. The number of nitro benzene ring substituents is 1. The van der Waals surface area contributed by atoms with Gasteiger partial charge in [0.05, 0.1) is 23.0 Å². The van der Waals surface area contributed by atoms with E-state index in [4.69, 9.17) is 4.42 Å². The maximum Gasteiger partial charge on any atom is 0.269 e. The molecule has 2 heterocycles. The minimum Gasteiger partial charge on any atom is -0.455 e. The molecule has 1 saturated heterocycles. The summed E-state index contributed by atoms with van der Waals surface area (Å²) in [6.45, 7) is 0. The quantitative estimate of drug-likeness (QED) is 0.256. The lowest BCUT2D eigenvalue weighted by Gasteiger charge is -2.37. The summed E-state index contributed by atoms with van der Waals surface area (Å²) in [6, 6.07) is 9.41. The van der Waals surface area contributed by atoms with Crippen molar-refractivity contribution in [2.75, 3.05) is 0 Å². The molecule has 2 amide bonds. The molecule has 0 spiro atoms. The van der Waals surface area contributed by atoms with E-state index < -0.39 is 4.92 Å². The van der Waals surface area contributed by atoms with E-state index in [1.54, 1.807) is 24.3 Å². The van der Waals surface area contributed by atoms with Gasteiger partial charge < -0.3 is 4.42 Å². The third-order valence-corrected chi connectivity index (χ3v) is 6.93. The Balaban J connectivity index is 1.22. The number of imide groups is 1. The molecule has 1 aliphatic heterocycles. The van der Waals surface area contributed by atoms with Crippen LogP contribution >= 0.6 is 0 Å². The van der Waals surface area contributed by atoms with E-state index in [9.17, 15) is 19.7 Å². The lowest BCUT2D eigenvalue weighted by molar-refractivity contribution is -0.384. The molecule has 0 unspecified atom stereocenters. The van der Waals surface area contributed by atoms with Crippen LogP contribution in [0.5, 0.6) is 0 Å². The highest BCUT2D eigenvalue weighted by molar-refractivity contribution is 6.06. The van der Waals surface area contributed by atoms with Crippen molar-refractivity contribution in [2.45, 2.75) is 6.42 Å². The third-order valence-electron chi connectivity index (χ3n) is 6.93. The summed E-state index contributed by atoms with van der Waals surface area (Å²) in [6.07, 6.45) is 6.75. The predicted octanol–water partition coefficient (Wildman–Crippen LogP) is 3.24. The van der Waals surface area contributed by atoms with Gasteiger partial charge in [0.15, 0.2) is 0 Å². The second-order valence-electron chi connectivity index (χ2n) is 8.39. The molecule has 0 radical (unpaired) electrons. The number of hydrazone groups is 1. The summed E-state index contributed by atoms with van der Waals surface area (Å²) in [5.41, 5.74) is 0.683. The highest BCUT2D eigenvalue weighted by Crippen LogP contribution is 2.65. The zero-order valence-corrected chi connectivity index (χ0v) is 15.8. The van der Waals surface area contributed by atoms with Crippen LogP contribution in [-0.2, 0) is 9.59 Å². The molecule has 3 fully saturated rings. The molecular formula is C22H17N3O5. The van der Waals surface area contributed by atoms with Crippen molar-refractivity contribution in [2.24, 2.45) is 40.6 Å². The summed E-state index contributed by atoms with van der Waals surface area (Å²) in [5.74, 6) is 1.36. The van der Waals surface area contributed by atoms with Gasteiger partial charge in [0.25, 0.3) is 17.5 Å². The van der Waals surface area contributed by atoms with Crippen molar-refractivity contribution in [3.8, 4) is 11.3 Å². The van der Waals surface area contributed by atoms with Crippen LogP contribution in [-0.4, -0.2) is 28.0 Å². The Morgan fingerprint density at radius 3 is 2.23 bits per heavy atom. The third kappa shape index (κ3) is 2.36. The average molecular weight is 403 g/mol. The van der Waals surface area contributed by atoms with Gasteiger partial charge in [-0.25, -0.2) is 0 Å². The highest BCUT2D eigenvalue weighted by atomic mass is 16.6. The Bertz CT molecular complexity index is 1110. The molecule has 30 heavy (non-hydrogen) atoms. The van der Waals surface area contributed by atoms with E-state index in [0.29, 0.717) is 28.9 Å². The lowest BCUT2D eigenvalue weighted by atomic mass is 9.63. The fourth-order valence-corrected chi connectivity index (χ4v) is 5.49. The second-order valence-corrected chi connectivity index (χ2v) is 8.39. The molecule has 8 heteroatoms. The smallest absolute Gasteiger partial charge is 0.269 e. The van der Waals surface area contributed by atoms with Gasteiger partial charge in [0, 0.05) is 17.7 Å². The van der Waals surface area contributed by atoms with E-state index in [2.05, 4.69) is 17.3 Å². The number of carbonyl (C=O) groups is 2. The van der Waals surface area contributed by atoms with Crippen LogP contribution in [0, 0.1) is 45.6 Å². The van der Waals surface area contributed by atoms with Crippen LogP contribution in [0.25, 0.3) is 11.3 Å². The predicted molar refractivity (Wildman–Crippen MR) is 105 cm³/mol. The van der Waals surface area contributed by atoms with Gasteiger partial charge in [-0.05, 0) is 54.4 Å². The van der Waals surface area contributed by atoms with Crippen LogP contribution in [0.1, 0.15) is 12.2 Å². The summed E-state index contributed by atoms with van der Waals surface area (Å²) in [4.78, 5) is 36.1. The molecule has 1 aromatic heterocycles. The van der Waals surface area contributed by atoms with Gasteiger partial charge in [0.2, 0.25) is 0 Å². The number of amides is 2. The van der Waals surface area contributed by atoms with E-state index >= 15 is 0 Å². The van der Waals surface area contributed by atoms with Crippen molar-refractivity contribution in [1.82, 2.24) is 5.01 Å². The standard InChI is InChI=1S/C22H17N3O5/c26-21-19-14-6-7-15(17-9-16(14)17)20(19)22(27)24(21)23-10-13-5-8-18(30-13)11-1-3-12(4-2-11)25(28)29/h1-8,10,14-17,19-20H,9H2/t14-,15-,16-,17+,19-,20+/m0/s1. The number of hydrogen-bond acceptors (Lipinski definition) is 6. The Hall–Kier alpha value is -3.55. The van der Waals surface area contributed by atoms with Gasteiger partial charge in [-0.2, -0.15) is 10.1 Å². The average Bonchev–Trinajstić information content (AvgIpc) is 3.39. The Kier molecular flexibility index (Phi) is 3.45. The summed E-state index contributed by atoms with van der Waals surface area (Å²) >= 11 is 0. The largest absolute Gasteiger partial charge is 0.455 e. The molecule has 8 nitrogen and oxygen atoms in total. The SMILES string of the molecule is O=C1[C@@H]2[C@H]3C=C[C@@H]([C@@H]4C[C@H]34)[C@@H]2C(=O)N1N=Cc1ccc(-c2ccc([N+](=O)[O-])cc2)o1. The van der Waals surface area contributed by atoms with Crippen LogP contribution in [0.15, 0.2) is 58.1 Å². The minimum atomic E-state index is -0.461. The molecule has 150 valence electrons. The zero-order valence-electron chi connectivity index (χ0n) is 15.8. The Labute approximate surface area is 171 Å². The van der Waals surface area contributed by atoms with Crippen LogP contribution in [0.2, 0.25) is 0 Å². The van der Waals surface area contributed by atoms with E-state index in [1.807, 2.05) is 0 Å². The fraction of sp³-hybridized carbons (Fsp3) is 0.318. The zero-order chi connectivity index (χ0) is 20.6. The summed E-state index contributed by atoms with van der Waals surface area (Å²) in [7, 11) is 0. The molecule has 2 aromatic rings. The van der Waals surface area contributed by atoms with Crippen LogP contribution in [0.4, 0.5) is 5.69 Å². The van der Waals surface area contributed by atoms with Gasteiger partial charge in [-0.15, -0.1) is 0 Å². The van der Waals surface area contributed by atoms with Gasteiger partial charge >= 0.3 is 0 Å². The first-order chi connectivity index (χ1) is 14.5. The van der Waals surface area contributed by atoms with Crippen molar-refractivity contribution < 1.29 is 18.9 Å². The number of furan rings is 1. The Morgan fingerprint density at radius 1 is 1.00 bits per heavy atom.